The Morgan fingerprint density at radius 1 is 1.22 bits per heavy atom. The molecule has 4 nitrogen and oxygen atoms in total. The summed E-state index contributed by atoms with van der Waals surface area (Å²) in [5.41, 5.74) is 8.48. The van der Waals surface area contributed by atoms with Gasteiger partial charge in [0.1, 0.15) is 5.82 Å². The second-order valence-corrected chi connectivity index (χ2v) is 4.39. The van der Waals surface area contributed by atoms with Gasteiger partial charge in [-0.3, -0.25) is 9.36 Å². The van der Waals surface area contributed by atoms with Crippen LogP contribution in [0, 0.1) is 13.8 Å². The molecule has 94 valence electrons. The summed E-state index contributed by atoms with van der Waals surface area (Å²) < 4.78 is 1.67. The molecule has 0 unspecified atom stereocenters. The summed E-state index contributed by atoms with van der Waals surface area (Å²) in [6, 6.07) is 9.50. The van der Waals surface area contributed by atoms with Crippen molar-refractivity contribution in [1.82, 2.24) is 9.55 Å². The van der Waals surface area contributed by atoms with Crippen LogP contribution in [0.3, 0.4) is 0 Å². The minimum absolute atomic E-state index is 0.0156. The maximum absolute atomic E-state index is 11.9. The highest BCUT2D eigenvalue weighted by Crippen LogP contribution is 2.07. The monoisotopic (exact) mass is 243 g/mol. The van der Waals surface area contributed by atoms with Gasteiger partial charge in [0, 0.05) is 18.3 Å². The van der Waals surface area contributed by atoms with E-state index in [0.29, 0.717) is 13.1 Å². The van der Waals surface area contributed by atoms with Crippen LogP contribution >= 0.6 is 0 Å². The van der Waals surface area contributed by atoms with E-state index < -0.39 is 0 Å². The molecule has 1 heterocycles. The number of hydrogen-bond donors (Lipinski definition) is 1. The molecule has 0 bridgehead atoms. The standard InChI is InChI=1S/C14H17N3O/c1-10-6-14(18)17(11(2)16-10)9-13-5-3-4-12(7-13)8-15/h3-7H,8-9,15H2,1-2H3. The summed E-state index contributed by atoms with van der Waals surface area (Å²) >= 11 is 0. The van der Waals surface area contributed by atoms with Crippen LogP contribution in [0.5, 0.6) is 0 Å². The SMILES string of the molecule is Cc1cc(=O)n(Cc2cccc(CN)c2)c(C)n1. The molecule has 0 saturated carbocycles. The van der Waals surface area contributed by atoms with Gasteiger partial charge >= 0.3 is 0 Å². The number of nitrogens with two attached hydrogens (primary N) is 1. The molecule has 0 spiro atoms. The topological polar surface area (TPSA) is 60.9 Å². The normalized spacial score (nSPS) is 10.6. The fourth-order valence-corrected chi connectivity index (χ4v) is 1.99. The highest BCUT2D eigenvalue weighted by atomic mass is 16.1. The van der Waals surface area contributed by atoms with Gasteiger partial charge in [0.2, 0.25) is 0 Å². The molecule has 0 radical (unpaired) electrons. The molecule has 1 aromatic carbocycles. The highest BCUT2D eigenvalue weighted by molar-refractivity contribution is 5.24. The molecule has 2 rings (SSSR count). The Morgan fingerprint density at radius 3 is 2.61 bits per heavy atom. The smallest absolute Gasteiger partial charge is 0.254 e. The summed E-state index contributed by atoms with van der Waals surface area (Å²) in [6.45, 7) is 4.72. The Kier molecular flexibility index (Phi) is 3.58. The number of nitrogens with zero attached hydrogens (tertiary/aromatic N) is 2. The van der Waals surface area contributed by atoms with Crippen LogP contribution in [0.4, 0.5) is 0 Å². The summed E-state index contributed by atoms with van der Waals surface area (Å²) in [5.74, 6) is 0.734. The highest BCUT2D eigenvalue weighted by Gasteiger charge is 2.04. The van der Waals surface area contributed by atoms with Crippen molar-refractivity contribution in [3.05, 3.63) is 63.3 Å². The number of aromatic nitrogens is 2. The van der Waals surface area contributed by atoms with Gasteiger partial charge in [0.05, 0.1) is 6.54 Å². The molecule has 4 heteroatoms. The number of benzene rings is 1. The van der Waals surface area contributed by atoms with Crippen molar-refractivity contribution in [3.8, 4) is 0 Å². The van der Waals surface area contributed by atoms with Crippen LogP contribution in [-0.4, -0.2) is 9.55 Å². The maximum atomic E-state index is 11.9. The Balaban J connectivity index is 2.37. The zero-order valence-corrected chi connectivity index (χ0v) is 10.7. The predicted molar refractivity (Wildman–Crippen MR) is 71.4 cm³/mol. The molecule has 1 aromatic heterocycles. The molecule has 2 aromatic rings. The van der Waals surface area contributed by atoms with Gasteiger partial charge in [0.15, 0.2) is 0 Å². The first-order valence-electron chi connectivity index (χ1n) is 5.93. The van der Waals surface area contributed by atoms with E-state index in [2.05, 4.69) is 4.98 Å². The molecular formula is C14H17N3O. The summed E-state index contributed by atoms with van der Waals surface area (Å²) in [6.07, 6.45) is 0. The number of aryl methyl sites for hydroxylation is 2. The van der Waals surface area contributed by atoms with Crippen molar-refractivity contribution in [2.24, 2.45) is 5.73 Å². The minimum atomic E-state index is -0.0156. The lowest BCUT2D eigenvalue weighted by molar-refractivity contribution is 0.693. The van der Waals surface area contributed by atoms with Crippen molar-refractivity contribution >= 4 is 0 Å². The van der Waals surface area contributed by atoms with Crippen LogP contribution < -0.4 is 11.3 Å². The van der Waals surface area contributed by atoms with E-state index in [-0.39, 0.29) is 5.56 Å². The van der Waals surface area contributed by atoms with Crippen molar-refractivity contribution in [2.75, 3.05) is 0 Å². The lowest BCUT2D eigenvalue weighted by Crippen LogP contribution is -2.24. The third-order valence-corrected chi connectivity index (χ3v) is 2.89. The second kappa shape index (κ2) is 5.14. The van der Waals surface area contributed by atoms with Crippen molar-refractivity contribution in [1.29, 1.82) is 0 Å². The first-order valence-corrected chi connectivity index (χ1v) is 5.93. The van der Waals surface area contributed by atoms with E-state index in [4.69, 9.17) is 5.73 Å². The predicted octanol–water partition coefficient (Wildman–Crippen LogP) is 1.37. The van der Waals surface area contributed by atoms with Crippen molar-refractivity contribution < 1.29 is 0 Å². The molecular weight excluding hydrogens is 226 g/mol. The first-order chi connectivity index (χ1) is 8.60. The third kappa shape index (κ3) is 2.65. The fraction of sp³-hybridized carbons (Fsp3) is 0.286. The van der Waals surface area contributed by atoms with Crippen LogP contribution in [-0.2, 0) is 13.1 Å². The number of rotatable bonds is 3. The van der Waals surface area contributed by atoms with Gasteiger partial charge in [-0.25, -0.2) is 4.98 Å². The number of hydrogen-bond acceptors (Lipinski definition) is 3. The van der Waals surface area contributed by atoms with E-state index in [1.54, 1.807) is 10.6 Å². The Bertz CT molecular complexity index is 617. The molecule has 0 saturated heterocycles. The van der Waals surface area contributed by atoms with Gasteiger partial charge in [-0.15, -0.1) is 0 Å². The zero-order chi connectivity index (χ0) is 13.1. The van der Waals surface area contributed by atoms with Gasteiger partial charge in [-0.05, 0) is 25.0 Å². The van der Waals surface area contributed by atoms with Crippen molar-refractivity contribution in [3.63, 3.8) is 0 Å². The van der Waals surface area contributed by atoms with Crippen LogP contribution in [0.1, 0.15) is 22.6 Å². The lowest BCUT2D eigenvalue weighted by Gasteiger charge is -2.10. The van der Waals surface area contributed by atoms with E-state index in [1.807, 2.05) is 38.1 Å². The molecule has 0 amide bonds. The molecule has 0 fully saturated rings. The summed E-state index contributed by atoms with van der Waals surface area (Å²) in [4.78, 5) is 16.2. The summed E-state index contributed by atoms with van der Waals surface area (Å²) in [7, 11) is 0. The van der Waals surface area contributed by atoms with Gasteiger partial charge < -0.3 is 5.73 Å². The van der Waals surface area contributed by atoms with Crippen LogP contribution in [0.25, 0.3) is 0 Å². The van der Waals surface area contributed by atoms with Crippen molar-refractivity contribution in [2.45, 2.75) is 26.9 Å². The van der Waals surface area contributed by atoms with E-state index >= 15 is 0 Å². The molecule has 0 aliphatic heterocycles. The second-order valence-electron chi connectivity index (χ2n) is 4.39. The van der Waals surface area contributed by atoms with Gasteiger partial charge in [0.25, 0.3) is 5.56 Å². The van der Waals surface area contributed by atoms with Gasteiger partial charge in [-0.2, -0.15) is 0 Å². The molecule has 18 heavy (non-hydrogen) atoms. The first kappa shape index (κ1) is 12.5. The molecule has 0 aliphatic carbocycles. The lowest BCUT2D eigenvalue weighted by atomic mass is 10.1. The van der Waals surface area contributed by atoms with E-state index in [9.17, 15) is 4.79 Å². The average molecular weight is 243 g/mol. The summed E-state index contributed by atoms with van der Waals surface area (Å²) in [5, 5.41) is 0. The average Bonchev–Trinajstić information content (AvgIpc) is 2.34. The maximum Gasteiger partial charge on any atom is 0.254 e. The third-order valence-electron chi connectivity index (χ3n) is 2.89. The quantitative estimate of drug-likeness (QED) is 0.885. The Labute approximate surface area is 106 Å². The zero-order valence-electron chi connectivity index (χ0n) is 10.7. The fourth-order valence-electron chi connectivity index (χ4n) is 1.99. The molecule has 0 aliphatic rings. The Hall–Kier alpha value is -1.94. The Morgan fingerprint density at radius 2 is 1.94 bits per heavy atom. The van der Waals surface area contributed by atoms with Crippen LogP contribution in [0.15, 0.2) is 35.1 Å². The largest absolute Gasteiger partial charge is 0.326 e. The molecule has 0 atom stereocenters. The van der Waals surface area contributed by atoms with Gasteiger partial charge in [-0.1, -0.05) is 24.3 Å². The minimum Gasteiger partial charge on any atom is -0.326 e. The van der Waals surface area contributed by atoms with Crippen LogP contribution in [0.2, 0.25) is 0 Å². The van der Waals surface area contributed by atoms with E-state index in [0.717, 1.165) is 22.6 Å². The van der Waals surface area contributed by atoms with E-state index in [1.165, 1.54) is 0 Å². The molecule has 2 N–H and O–H groups in total.